The molecule has 0 fully saturated rings. The van der Waals surface area contributed by atoms with E-state index in [2.05, 4.69) is 13.8 Å². The molecule has 0 aliphatic heterocycles. The number of ether oxygens (including phenoxy) is 2. The van der Waals surface area contributed by atoms with Crippen LogP contribution in [0.15, 0.2) is 42.5 Å². The number of benzene rings is 2. The normalized spacial score (nSPS) is 11.1. The molecule has 0 bridgehead atoms. The number of rotatable bonds is 7. The fourth-order valence-electron chi connectivity index (χ4n) is 2.72. The van der Waals surface area contributed by atoms with Crippen LogP contribution in [0.2, 0.25) is 0 Å². The number of carboxylic acid groups (broad SMARTS) is 2. The van der Waals surface area contributed by atoms with Gasteiger partial charge in [-0.25, -0.2) is 4.79 Å². The maximum Gasteiger partial charge on any atom is 0.339 e. The highest BCUT2D eigenvalue weighted by molar-refractivity contribution is 5.93. The van der Waals surface area contributed by atoms with Gasteiger partial charge in [-0.2, -0.15) is 0 Å². The number of esters is 2. The zero-order valence-electron chi connectivity index (χ0n) is 18.7. The molecule has 1 atom stereocenters. The number of carbonyl (C=O) groups is 4. The Hall–Kier alpha value is -3.68. The van der Waals surface area contributed by atoms with E-state index >= 15 is 0 Å². The van der Waals surface area contributed by atoms with Crippen molar-refractivity contribution in [2.24, 2.45) is 5.92 Å². The number of carboxylic acids is 2. The Bertz CT molecular complexity index is 960. The summed E-state index contributed by atoms with van der Waals surface area (Å²) in [6.07, 6.45) is 1.04. The molecular weight excluding hydrogens is 416 g/mol. The molecule has 0 heterocycles. The van der Waals surface area contributed by atoms with E-state index < -0.39 is 29.8 Å². The highest BCUT2D eigenvalue weighted by atomic mass is 16.6. The van der Waals surface area contributed by atoms with Crippen LogP contribution in [0, 0.1) is 5.92 Å². The Balaban J connectivity index is 0.000000323. The van der Waals surface area contributed by atoms with Crippen molar-refractivity contribution < 1.29 is 38.9 Å². The molecule has 172 valence electrons. The van der Waals surface area contributed by atoms with Crippen LogP contribution in [0.25, 0.3) is 0 Å². The number of aromatic carboxylic acids is 1. The number of aliphatic carboxylic acids is 1. The number of para-hydroxylation sites is 1. The summed E-state index contributed by atoms with van der Waals surface area (Å²) in [5, 5.41) is 17.8. The molecule has 0 radical (unpaired) electrons. The summed E-state index contributed by atoms with van der Waals surface area (Å²) in [5.41, 5.74) is 1.89. The van der Waals surface area contributed by atoms with Crippen LogP contribution in [-0.2, 0) is 20.8 Å². The van der Waals surface area contributed by atoms with Gasteiger partial charge in [0.15, 0.2) is 11.5 Å². The topological polar surface area (TPSA) is 127 Å². The van der Waals surface area contributed by atoms with Gasteiger partial charge in [0.25, 0.3) is 0 Å². The van der Waals surface area contributed by atoms with Gasteiger partial charge in [0.1, 0.15) is 5.56 Å². The second-order valence-corrected chi connectivity index (χ2v) is 7.52. The summed E-state index contributed by atoms with van der Waals surface area (Å²) >= 11 is 0. The first kappa shape index (κ1) is 26.4. The van der Waals surface area contributed by atoms with E-state index in [1.165, 1.54) is 23.8 Å². The Labute approximate surface area is 186 Å². The van der Waals surface area contributed by atoms with E-state index in [0.29, 0.717) is 5.92 Å². The second-order valence-electron chi connectivity index (χ2n) is 7.52. The zero-order chi connectivity index (χ0) is 24.4. The molecule has 0 aromatic heterocycles. The van der Waals surface area contributed by atoms with Crippen LogP contribution in [0.5, 0.6) is 11.5 Å². The zero-order valence-corrected chi connectivity index (χ0v) is 18.7. The van der Waals surface area contributed by atoms with E-state index in [0.717, 1.165) is 25.8 Å². The van der Waals surface area contributed by atoms with Crippen LogP contribution in [0.3, 0.4) is 0 Å². The molecule has 0 aliphatic carbocycles. The minimum Gasteiger partial charge on any atom is -0.481 e. The first-order valence-corrected chi connectivity index (χ1v) is 9.97. The van der Waals surface area contributed by atoms with Crippen molar-refractivity contribution in [2.45, 2.75) is 47.0 Å². The smallest absolute Gasteiger partial charge is 0.339 e. The van der Waals surface area contributed by atoms with Crippen molar-refractivity contribution in [1.29, 1.82) is 0 Å². The molecule has 0 saturated heterocycles. The van der Waals surface area contributed by atoms with Gasteiger partial charge in [0, 0.05) is 13.8 Å². The molecule has 0 saturated carbocycles. The Morgan fingerprint density at radius 3 is 1.84 bits per heavy atom. The molecule has 0 aliphatic rings. The summed E-state index contributed by atoms with van der Waals surface area (Å²) in [6, 6.07) is 11.8. The van der Waals surface area contributed by atoms with Crippen molar-refractivity contribution >= 4 is 23.9 Å². The van der Waals surface area contributed by atoms with E-state index in [-0.39, 0.29) is 17.1 Å². The lowest BCUT2D eigenvalue weighted by molar-refractivity contribution is -0.138. The van der Waals surface area contributed by atoms with Gasteiger partial charge in [0.05, 0.1) is 5.92 Å². The van der Waals surface area contributed by atoms with Gasteiger partial charge in [0.2, 0.25) is 0 Å². The van der Waals surface area contributed by atoms with Gasteiger partial charge in [-0.3, -0.25) is 14.4 Å². The number of hydrogen-bond acceptors (Lipinski definition) is 6. The van der Waals surface area contributed by atoms with Crippen LogP contribution in [-0.4, -0.2) is 34.1 Å². The average Bonchev–Trinajstić information content (AvgIpc) is 2.68. The average molecular weight is 444 g/mol. The molecule has 32 heavy (non-hydrogen) atoms. The molecular formula is C24H28O8. The second kappa shape index (κ2) is 12.2. The third kappa shape index (κ3) is 8.59. The molecule has 8 heteroatoms. The highest BCUT2D eigenvalue weighted by Gasteiger charge is 2.19. The fourth-order valence-corrected chi connectivity index (χ4v) is 2.72. The third-order valence-electron chi connectivity index (χ3n) is 4.20. The standard InChI is InChI=1S/C13H18O2.C11H10O6/c1-9(2)8-11-4-6-12(7-5-11)10(3)13(14)15;1-6(12)16-9-5-3-4-8(11(14)15)10(9)17-7(2)13/h4-7,9-10H,8H2,1-3H3,(H,14,15);3-5H,1-2H3,(H,14,15). The van der Waals surface area contributed by atoms with E-state index in [9.17, 15) is 19.2 Å². The summed E-state index contributed by atoms with van der Waals surface area (Å²) < 4.78 is 9.50. The minimum absolute atomic E-state index is 0.104. The monoisotopic (exact) mass is 444 g/mol. The lowest BCUT2D eigenvalue weighted by Gasteiger charge is -2.10. The quantitative estimate of drug-likeness (QED) is 0.478. The Kier molecular flexibility index (Phi) is 10.1. The summed E-state index contributed by atoms with van der Waals surface area (Å²) in [6.45, 7) is 8.34. The van der Waals surface area contributed by atoms with Crippen molar-refractivity contribution in [3.05, 3.63) is 59.2 Å². The van der Waals surface area contributed by atoms with Crippen LogP contribution >= 0.6 is 0 Å². The highest BCUT2D eigenvalue weighted by Crippen LogP contribution is 2.31. The van der Waals surface area contributed by atoms with Gasteiger partial charge in [-0.05, 0) is 42.5 Å². The number of carbonyl (C=O) groups excluding carboxylic acids is 2. The van der Waals surface area contributed by atoms with Crippen LogP contribution in [0.1, 0.15) is 62.0 Å². The summed E-state index contributed by atoms with van der Waals surface area (Å²) in [7, 11) is 0. The molecule has 2 aromatic rings. The van der Waals surface area contributed by atoms with E-state index in [1.807, 2.05) is 24.3 Å². The van der Waals surface area contributed by atoms with E-state index in [1.54, 1.807) is 6.92 Å². The summed E-state index contributed by atoms with van der Waals surface area (Å²) in [4.78, 5) is 43.4. The van der Waals surface area contributed by atoms with Gasteiger partial charge < -0.3 is 19.7 Å². The Morgan fingerprint density at radius 1 is 0.844 bits per heavy atom. The number of hydrogen-bond donors (Lipinski definition) is 2. The van der Waals surface area contributed by atoms with Crippen molar-refractivity contribution in [2.75, 3.05) is 0 Å². The Morgan fingerprint density at radius 2 is 1.41 bits per heavy atom. The van der Waals surface area contributed by atoms with Gasteiger partial charge >= 0.3 is 23.9 Å². The molecule has 0 spiro atoms. The first-order chi connectivity index (χ1) is 14.9. The SMILES string of the molecule is CC(=O)Oc1cccc(C(=O)O)c1OC(C)=O.CC(C)Cc1ccc(C(C)C(=O)O)cc1. The maximum atomic E-state index is 10.9. The molecule has 2 N–H and O–H groups in total. The summed E-state index contributed by atoms with van der Waals surface area (Å²) in [5.74, 6) is -3.56. The third-order valence-corrected chi connectivity index (χ3v) is 4.20. The molecule has 2 rings (SSSR count). The molecule has 0 amide bonds. The van der Waals surface area contributed by atoms with Crippen molar-refractivity contribution in [1.82, 2.24) is 0 Å². The lowest BCUT2D eigenvalue weighted by Crippen LogP contribution is -2.11. The van der Waals surface area contributed by atoms with Gasteiger partial charge in [-0.15, -0.1) is 0 Å². The van der Waals surface area contributed by atoms with Crippen molar-refractivity contribution in [3.63, 3.8) is 0 Å². The lowest BCUT2D eigenvalue weighted by atomic mass is 9.97. The predicted molar refractivity (Wildman–Crippen MR) is 117 cm³/mol. The molecule has 8 nitrogen and oxygen atoms in total. The van der Waals surface area contributed by atoms with Crippen molar-refractivity contribution in [3.8, 4) is 11.5 Å². The fraction of sp³-hybridized carbons (Fsp3) is 0.333. The van der Waals surface area contributed by atoms with Crippen LogP contribution < -0.4 is 9.47 Å². The maximum absolute atomic E-state index is 10.9. The first-order valence-electron chi connectivity index (χ1n) is 9.97. The largest absolute Gasteiger partial charge is 0.481 e. The van der Waals surface area contributed by atoms with Crippen LogP contribution in [0.4, 0.5) is 0 Å². The predicted octanol–water partition coefficient (Wildman–Crippen LogP) is 4.31. The van der Waals surface area contributed by atoms with Gasteiger partial charge in [-0.1, -0.05) is 44.2 Å². The molecule has 1 unspecified atom stereocenters. The van der Waals surface area contributed by atoms with E-state index in [4.69, 9.17) is 19.7 Å². The molecule has 2 aromatic carbocycles. The minimum atomic E-state index is -1.28.